The van der Waals surface area contributed by atoms with E-state index in [1.54, 1.807) is 0 Å². The summed E-state index contributed by atoms with van der Waals surface area (Å²) in [6, 6.07) is 4.10. The number of carbonyl (C=O) groups excluding carboxylic acids is 1. The maximum absolute atomic E-state index is 12.7. The second kappa shape index (κ2) is 5.56. The molecule has 1 saturated carbocycles. The van der Waals surface area contributed by atoms with Gasteiger partial charge in [-0.2, -0.15) is 0 Å². The number of benzene rings is 1. The van der Waals surface area contributed by atoms with Gasteiger partial charge < -0.3 is 10.0 Å². The zero-order chi connectivity index (χ0) is 14.9. The number of alkyl halides is 2. The summed E-state index contributed by atoms with van der Waals surface area (Å²) in [5, 5.41) is 9.05. The Kier molecular flexibility index (Phi) is 4.01. The molecule has 1 fully saturated rings. The number of hydrogen-bond donors (Lipinski definition) is 1. The molecule has 0 saturated heterocycles. The Morgan fingerprint density at radius 2 is 2.00 bits per heavy atom. The predicted molar refractivity (Wildman–Crippen MR) is 67.7 cm³/mol. The molecule has 0 spiro atoms. The van der Waals surface area contributed by atoms with Gasteiger partial charge in [0.1, 0.15) is 6.04 Å². The van der Waals surface area contributed by atoms with Crippen molar-refractivity contribution in [3.05, 3.63) is 35.4 Å². The first kappa shape index (κ1) is 14.4. The fraction of sp³-hybridized carbons (Fsp3) is 0.429. The van der Waals surface area contributed by atoms with Crippen molar-refractivity contribution >= 4 is 11.9 Å². The fourth-order valence-electron chi connectivity index (χ4n) is 2.09. The van der Waals surface area contributed by atoms with Crippen LogP contribution < -0.4 is 0 Å². The number of amides is 1. The van der Waals surface area contributed by atoms with Crippen LogP contribution in [-0.4, -0.2) is 34.0 Å². The van der Waals surface area contributed by atoms with E-state index in [4.69, 9.17) is 5.11 Å². The van der Waals surface area contributed by atoms with Crippen molar-refractivity contribution in [1.29, 1.82) is 0 Å². The fourth-order valence-corrected chi connectivity index (χ4v) is 2.09. The lowest BCUT2D eigenvalue weighted by Crippen LogP contribution is -2.44. The molecule has 1 aliphatic carbocycles. The highest BCUT2D eigenvalue weighted by atomic mass is 19.3. The lowest BCUT2D eigenvalue weighted by atomic mass is 10.1. The number of aliphatic carboxylic acids is 1. The van der Waals surface area contributed by atoms with E-state index in [0.717, 1.165) is 18.9 Å². The first-order valence-corrected chi connectivity index (χ1v) is 6.35. The summed E-state index contributed by atoms with van der Waals surface area (Å²) in [5.74, 6) is -1.61. The van der Waals surface area contributed by atoms with Crippen LogP contribution in [0.5, 0.6) is 0 Å². The second-order valence-corrected chi connectivity index (χ2v) is 4.88. The molecule has 1 atom stereocenters. The molecule has 6 heteroatoms. The van der Waals surface area contributed by atoms with E-state index in [9.17, 15) is 18.4 Å². The van der Waals surface area contributed by atoms with Crippen molar-refractivity contribution in [3.8, 4) is 0 Å². The third kappa shape index (κ3) is 2.95. The Bertz CT molecular complexity index is 529. The molecule has 0 heterocycles. The number of carboxylic acids is 1. The van der Waals surface area contributed by atoms with E-state index in [1.165, 1.54) is 30.0 Å². The minimum Gasteiger partial charge on any atom is -0.480 e. The quantitative estimate of drug-likeness (QED) is 0.904. The minimum absolute atomic E-state index is 0.0998. The van der Waals surface area contributed by atoms with E-state index in [2.05, 4.69) is 0 Å². The van der Waals surface area contributed by atoms with Gasteiger partial charge in [-0.25, -0.2) is 13.6 Å². The highest BCUT2D eigenvalue weighted by molar-refractivity contribution is 5.97. The molecule has 1 aliphatic rings. The third-order valence-corrected chi connectivity index (χ3v) is 3.33. The molecule has 1 aromatic rings. The van der Waals surface area contributed by atoms with Crippen molar-refractivity contribution in [2.24, 2.45) is 0 Å². The van der Waals surface area contributed by atoms with Crippen LogP contribution in [0, 0.1) is 0 Å². The lowest BCUT2D eigenvalue weighted by molar-refractivity contribution is -0.141. The van der Waals surface area contributed by atoms with Gasteiger partial charge in [0.05, 0.1) is 0 Å². The summed E-state index contributed by atoms with van der Waals surface area (Å²) in [4.78, 5) is 24.7. The van der Waals surface area contributed by atoms with Crippen LogP contribution >= 0.6 is 0 Å². The second-order valence-electron chi connectivity index (χ2n) is 4.88. The van der Waals surface area contributed by atoms with Crippen molar-refractivity contribution in [2.45, 2.75) is 38.3 Å². The van der Waals surface area contributed by atoms with Crippen LogP contribution in [-0.2, 0) is 4.79 Å². The molecule has 4 nitrogen and oxygen atoms in total. The number of rotatable bonds is 5. The standard InChI is InChI=1S/C14H15F2NO3/c1-8(14(19)20)17(11-5-6-11)13(18)10-4-2-3-9(7-10)12(15)16/h2-4,7-8,11-12H,5-6H2,1H3,(H,19,20). The largest absolute Gasteiger partial charge is 0.480 e. The monoisotopic (exact) mass is 283 g/mol. The SMILES string of the molecule is CC(C(=O)O)N(C(=O)c1cccc(C(F)F)c1)C1CC1. The van der Waals surface area contributed by atoms with Crippen molar-refractivity contribution in [1.82, 2.24) is 4.90 Å². The highest BCUT2D eigenvalue weighted by Gasteiger charge is 2.38. The molecule has 1 aromatic carbocycles. The summed E-state index contributed by atoms with van der Waals surface area (Å²) in [6.07, 6.45) is -1.16. The van der Waals surface area contributed by atoms with E-state index < -0.39 is 24.3 Å². The number of nitrogens with zero attached hydrogens (tertiary/aromatic N) is 1. The van der Waals surface area contributed by atoms with E-state index in [0.29, 0.717) is 0 Å². The van der Waals surface area contributed by atoms with Gasteiger partial charge in [-0.05, 0) is 31.9 Å². The average Bonchev–Trinajstić information content (AvgIpc) is 3.23. The van der Waals surface area contributed by atoms with Gasteiger partial charge in [0.2, 0.25) is 0 Å². The zero-order valence-electron chi connectivity index (χ0n) is 10.9. The average molecular weight is 283 g/mol. The first-order valence-electron chi connectivity index (χ1n) is 6.35. The molecule has 20 heavy (non-hydrogen) atoms. The zero-order valence-corrected chi connectivity index (χ0v) is 10.9. The number of halogens is 2. The van der Waals surface area contributed by atoms with Crippen LogP contribution in [0.2, 0.25) is 0 Å². The molecule has 108 valence electrons. The summed E-state index contributed by atoms with van der Waals surface area (Å²) >= 11 is 0. The predicted octanol–water partition coefficient (Wildman–Crippen LogP) is 2.70. The molecule has 2 rings (SSSR count). The molecule has 1 amide bonds. The molecule has 0 aromatic heterocycles. The molecule has 0 aliphatic heterocycles. The van der Waals surface area contributed by atoms with Crippen molar-refractivity contribution < 1.29 is 23.5 Å². The van der Waals surface area contributed by atoms with Gasteiger partial charge in [-0.1, -0.05) is 12.1 Å². The van der Waals surface area contributed by atoms with Crippen LogP contribution in [0.4, 0.5) is 8.78 Å². The van der Waals surface area contributed by atoms with E-state index in [-0.39, 0.29) is 17.2 Å². The number of carboxylic acid groups (broad SMARTS) is 1. The van der Waals surface area contributed by atoms with Crippen LogP contribution in [0.3, 0.4) is 0 Å². The Morgan fingerprint density at radius 1 is 1.35 bits per heavy atom. The number of carbonyl (C=O) groups is 2. The Labute approximate surface area is 115 Å². The summed E-state index contributed by atoms with van der Waals surface area (Å²) < 4.78 is 25.3. The van der Waals surface area contributed by atoms with Gasteiger partial charge in [0, 0.05) is 17.2 Å². The lowest BCUT2D eigenvalue weighted by Gasteiger charge is -2.26. The van der Waals surface area contributed by atoms with Gasteiger partial charge in [-0.3, -0.25) is 4.79 Å². The third-order valence-electron chi connectivity index (χ3n) is 3.33. The molecule has 0 bridgehead atoms. The summed E-state index contributed by atoms with van der Waals surface area (Å²) in [7, 11) is 0. The Hall–Kier alpha value is -1.98. The maximum atomic E-state index is 12.7. The normalized spacial score (nSPS) is 16.0. The topological polar surface area (TPSA) is 57.6 Å². The van der Waals surface area contributed by atoms with Crippen LogP contribution in [0.25, 0.3) is 0 Å². The van der Waals surface area contributed by atoms with Gasteiger partial charge in [-0.15, -0.1) is 0 Å². The summed E-state index contributed by atoms with van der Waals surface area (Å²) in [6.45, 7) is 1.43. The molecular weight excluding hydrogens is 268 g/mol. The van der Waals surface area contributed by atoms with E-state index in [1.807, 2.05) is 0 Å². The Balaban J connectivity index is 2.28. The molecule has 0 radical (unpaired) electrons. The van der Waals surface area contributed by atoms with E-state index >= 15 is 0 Å². The van der Waals surface area contributed by atoms with Crippen LogP contribution in [0.1, 0.15) is 42.1 Å². The maximum Gasteiger partial charge on any atom is 0.326 e. The highest BCUT2D eigenvalue weighted by Crippen LogP contribution is 2.31. The first-order chi connectivity index (χ1) is 9.41. The van der Waals surface area contributed by atoms with Crippen molar-refractivity contribution in [2.75, 3.05) is 0 Å². The van der Waals surface area contributed by atoms with Gasteiger partial charge in [0.15, 0.2) is 0 Å². The summed E-state index contributed by atoms with van der Waals surface area (Å²) in [5.41, 5.74) is -0.141. The number of hydrogen-bond acceptors (Lipinski definition) is 2. The van der Waals surface area contributed by atoms with Crippen molar-refractivity contribution in [3.63, 3.8) is 0 Å². The Morgan fingerprint density at radius 3 is 2.50 bits per heavy atom. The van der Waals surface area contributed by atoms with Gasteiger partial charge in [0.25, 0.3) is 12.3 Å². The minimum atomic E-state index is -2.66. The molecular formula is C14H15F2NO3. The smallest absolute Gasteiger partial charge is 0.326 e. The molecule has 1 N–H and O–H groups in total. The van der Waals surface area contributed by atoms with Gasteiger partial charge >= 0.3 is 5.97 Å². The van der Waals surface area contributed by atoms with Crippen LogP contribution in [0.15, 0.2) is 24.3 Å². The molecule has 1 unspecified atom stereocenters.